The molecule has 0 spiro atoms. The second-order valence-electron chi connectivity index (χ2n) is 5.45. The summed E-state index contributed by atoms with van der Waals surface area (Å²) in [6.07, 6.45) is 3.38. The molecule has 2 rings (SSSR count). The van der Waals surface area contributed by atoms with E-state index >= 15 is 0 Å². The molecule has 2 fully saturated rings. The molecule has 19 heavy (non-hydrogen) atoms. The third-order valence-corrected chi connectivity index (χ3v) is 6.44. The van der Waals surface area contributed by atoms with Gasteiger partial charge in [0.1, 0.15) is 0 Å². The van der Waals surface area contributed by atoms with Crippen molar-refractivity contribution in [3.05, 3.63) is 0 Å². The van der Waals surface area contributed by atoms with Gasteiger partial charge in [0.15, 0.2) is 0 Å². The Morgan fingerprint density at radius 2 is 1.84 bits per heavy atom. The molecule has 0 radical (unpaired) electrons. The summed E-state index contributed by atoms with van der Waals surface area (Å²) in [5.41, 5.74) is 0. The SMILES string of the molecule is CCCN1CCCN(S(=O)(=O)C2CCOCC2)CC1. The van der Waals surface area contributed by atoms with Gasteiger partial charge in [-0.1, -0.05) is 6.92 Å². The van der Waals surface area contributed by atoms with Gasteiger partial charge in [0, 0.05) is 32.8 Å². The van der Waals surface area contributed by atoms with Gasteiger partial charge in [-0.3, -0.25) is 0 Å². The highest BCUT2D eigenvalue weighted by Crippen LogP contribution is 2.21. The summed E-state index contributed by atoms with van der Waals surface area (Å²) in [6, 6.07) is 0. The average Bonchev–Trinajstić information content (AvgIpc) is 2.66. The smallest absolute Gasteiger partial charge is 0.217 e. The van der Waals surface area contributed by atoms with Gasteiger partial charge in [0.2, 0.25) is 10.0 Å². The van der Waals surface area contributed by atoms with Crippen LogP contribution < -0.4 is 0 Å². The zero-order valence-electron chi connectivity index (χ0n) is 11.9. The van der Waals surface area contributed by atoms with E-state index in [0.29, 0.717) is 39.1 Å². The third kappa shape index (κ3) is 3.90. The maximum Gasteiger partial charge on any atom is 0.217 e. The van der Waals surface area contributed by atoms with Gasteiger partial charge in [0.05, 0.1) is 5.25 Å². The average molecular weight is 290 g/mol. The molecule has 0 bridgehead atoms. The number of rotatable bonds is 4. The zero-order chi connectivity index (χ0) is 13.7. The van der Waals surface area contributed by atoms with Gasteiger partial charge in [-0.05, 0) is 38.8 Å². The quantitative estimate of drug-likeness (QED) is 0.772. The molecular weight excluding hydrogens is 264 g/mol. The molecule has 0 aliphatic carbocycles. The highest BCUT2D eigenvalue weighted by molar-refractivity contribution is 7.89. The van der Waals surface area contributed by atoms with Crippen molar-refractivity contribution in [2.75, 3.05) is 45.9 Å². The Bertz CT molecular complexity index is 366. The van der Waals surface area contributed by atoms with Crippen molar-refractivity contribution in [2.24, 2.45) is 0 Å². The van der Waals surface area contributed by atoms with Crippen molar-refractivity contribution in [1.29, 1.82) is 0 Å². The fraction of sp³-hybridized carbons (Fsp3) is 1.00. The van der Waals surface area contributed by atoms with E-state index in [0.717, 1.165) is 32.5 Å². The van der Waals surface area contributed by atoms with Gasteiger partial charge >= 0.3 is 0 Å². The van der Waals surface area contributed by atoms with Crippen LogP contribution in [0.1, 0.15) is 32.6 Å². The first-order valence-electron chi connectivity index (χ1n) is 7.43. The normalized spacial score (nSPS) is 25.3. The monoisotopic (exact) mass is 290 g/mol. The molecule has 2 aliphatic rings. The topological polar surface area (TPSA) is 49.9 Å². The predicted molar refractivity (Wildman–Crippen MR) is 75.7 cm³/mol. The van der Waals surface area contributed by atoms with E-state index in [1.54, 1.807) is 4.31 Å². The lowest BCUT2D eigenvalue weighted by Gasteiger charge is -2.29. The number of ether oxygens (including phenoxy) is 1. The number of hydrogen-bond acceptors (Lipinski definition) is 4. The minimum absolute atomic E-state index is 0.223. The van der Waals surface area contributed by atoms with E-state index in [-0.39, 0.29) is 5.25 Å². The number of nitrogens with zero attached hydrogens (tertiary/aromatic N) is 2. The Morgan fingerprint density at radius 1 is 1.11 bits per heavy atom. The van der Waals surface area contributed by atoms with Crippen LogP contribution in [0.25, 0.3) is 0 Å². The summed E-state index contributed by atoms with van der Waals surface area (Å²) in [6.45, 7) is 7.63. The van der Waals surface area contributed by atoms with E-state index in [1.165, 1.54) is 0 Å². The van der Waals surface area contributed by atoms with Crippen LogP contribution in [-0.4, -0.2) is 68.8 Å². The van der Waals surface area contributed by atoms with Crippen LogP contribution in [0.5, 0.6) is 0 Å². The summed E-state index contributed by atoms with van der Waals surface area (Å²) >= 11 is 0. The van der Waals surface area contributed by atoms with Crippen LogP contribution in [-0.2, 0) is 14.8 Å². The molecule has 0 aromatic rings. The van der Waals surface area contributed by atoms with Crippen molar-refractivity contribution in [3.8, 4) is 0 Å². The van der Waals surface area contributed by atoms with E-state index < -0.39 is 10.0 Å². The van der Waals surface area contributed by atoms with Crippen LogP contribution in [0.2, 0.25) is 0 Å². The van der Waals surface area contributed by atoms with Gasteiger partial charge < -0.3 is 9.64 Å². The first-order valence-corrected chi connectivity index (χ1v) is 8.94. The molecule has 2 saturated heterocycles. The van der Waals surface area contributed by atoms with Gasteiger partial charge in [-0.25, -0.2) is 12.7 Å². The molecule has 5 nitrogen and oxygen atoms in total. The van der Waals surface area contributed by atoms with E-state index in [9.17, 15) is 8.42 Å². The molecule has 0 atom stereocenters. The maximum absolute atomic E-state index is 12.6. The molecular formula is C13H26N2O3S. The Morgan fingerprint density at radius 3 is 2.53 bits per heavy atom. The fourth-order valence-corrected chi connectivity index (χ4v) is 4.86. The Balaban J connectivity index is 1.96. The van der Waals surface area contributed by atoms with Crippen LogP contribution in [0.15, 0.2) is 0 Å². The predicted octanol–water partition coefficient (Wildman–Crippen LogP) is 0.913. The molecule has 0 N–H and O–H groups in total. The highest BCUT2D eigenvalue weighted by Gasteiger charge is 2.33. The second kappa shape index (κ2) is 7.02. The van der Waals surface area contributed by atoms with Crippen LogP contribution >= 0.6 is 0 Å². The zero-order valence-corrected chi connectivity index (χ0v) is 12.7. The molecule has 2 aliphatic heterocycles. The Hall–Kier alpha value is -0.170. The standard InChI is InChI=1S/C13H26N2O3S/c1-2-6-14-7-3-8-15(10-9-14)19(16,17)13-4-11-18-12-5-13/h13H,2-12H2,1H3. The first-order chi connectivity index (χ1) is 9.14. The largest absolute Gasteiger partial charge is 0.381 e. The highest BCUT2D eigenvalue weighted by atomic mass is 32.2. The van der Waals surface area contributed by atoms with Crippen molar-refractivity contribution < 1.29 is 13.2 Å². The van der Waals surface area contributed by atoms with E-state index in [1.807, 2.05) is 0 Å². The summed E-state index contributed by atoms with van der Waals surface area (Å²) in [7, 11) is -3.12. The molecule has 0 aromatic carbocycles. The van der Waals surface area contributed by atoms with Gasteiger partial charge in [-0.2, -0.15) is 0 Å². The second-order valence-corrected chi connectivity index (χ2v) is 7.66. The van der Waals surface area contributed by atoms with Crippen molar-refractivity contribution in [3.63, 3.8) is 0 Å². The summed E-state index contributed by atoms with van der Waals surface area (Å²) < 4.78 is 32.2. The molecule has 0 amide bonds. The molecule has 112 valence electrons. The van der Waals surface area contributed by atoms with Crippen LogP contribution in [0.3, 0.4) is 0 Å². The molecule has 0 saturated carbocycles. The number of hydrogen-bond donors (Lipinski definition) is 0. The molecule has 0 unspecified atom stereocenters. The summed E-state index contributed by atoms with van der Waals surface area (Å²) in [5.74, 6) is 0. The summed E-state index contributed by atoms with van der Waals surface area (Å²) in [4.78, 5) is 2.37. The van der Waals surface area contributed by atoms with Crippen LogP contribution in [0, 0.1) is 0 Å². The first kappa shape index (κ1) is 15.2. The van der Waals surface area contributed by atoms with Crippen molar-refractivity contribution in [2.45, 2.75) is 37.9 Å². The van der Waals surface area contributed by atoms with E-state index in [4.69, 9.17) is 4.74 Å². The molecule has 2 heterocycles. The maximum atomic E-state index is 12.6. The van der Waals surface area contributed by atoms with Gasteiger partial charge in [0.25, 0.3) is 0 Å². The Kier molecular flexibility index (Phi) is 5.62. The Labute approximate surface area is 117 Å². The minimum Gasteiger partial charge on any atom is -0.381 e. The minimum atomic E-state index is -3.12. The fourth-order valence-electron chi connectivity index (χ4n) is 2.93. The van der Waals surface area contributed by atoms with Gasteiger partial charge in [-0.15, -0.1) is 0 Å². The molecule has 6 heteroatoms. The summed E-state index contributed by atoms with van der Waals surface area (Å²) in [5, 5.41) is -0.223. The molecule has 0 aromatic heterocycles. The third-order valence-electron chi connectivity index (χ3n) is 4.04. The number of sulfonamides is 1. The van der Waals surface area contributed by atoms with Crippen molar-refractivity contribution >= 4 is 10.0 Å². The lowest BCUT2D eigenvalue weighted by molar-refractivity contribution is 0.0972. The van der Waals surface area contributed by atoms with E-state index in [2.05, 4.69) is 11.8 Å². The lowest BCUT2D eigenvalue weighted by Crippen LogP contribution is -2.43. The lowest BCUT2D eigenvalue weighted by atomic mass is 10.2. The van der Waals surface area contributed by atoms with Crippen LogP contribution in [0.4, 0.5) is 0 Å². The van der Waals surface area contributed by atoms with Crippen molar-refractivity contribution in [1.82, 2.24) is 9.21 Å².